The number of rotatable bonds is 6. The van der Waals surface area contributed by atoms with Crippen LogP contribution in [0.5, 0.6) is 0 Å². The minimum atomic E-state index is -0.233. The second-order valence-electron chi connectivity index (χ2n) is 8.05. The van der Waals surface area contributed by atoms with Gasteiger partial charge in [0.2, 0.25) is 5.95 Å². The smallest absolute Gasteiger partial charge is 0.272 e. The van der Waals surface area contributed by atoms with Crippen molar-refractivity contribution in [3.63, 3.8) is 0 Å². The highest BCUT2D eigenvalue weighted by atomic mass is 16.1. The largest absolute Gasteiger partial charge is 0.378 e. The van der Waals surface area contributed by atoms with Crippen molar-refractivity contribution in [1.82, 2.24) is 40.2 Å². The van der Waals surface area contributed by atoms with E-state index >= 15 is 0 Å². The summed E-state index contributed by atoms with van der Waals surface area (Å²) < 4.78 is 3.44. The number of carbonyl (C=O) groups is 1. The fourth-order valence-electron chi connectivity index (χ4n) is 4.01. The molecule has 0 bridgehead atoms. The van der Waals surface area contributed by atoms with E-state index in [1.165, 1.54) is 0 Å². The molecule has 0 saturated carbocycles. The maximum absolute atomic E-state index is 12.2. The van der Waals surface area contributed by atoms with Gasteiger partial charge in [0.15, 0.2) is 11.5 Å². The lowest BCUT2D eigenvalue weighted by Crippen LogP contribution is -2.22. The summed E-state index contributed by atoms with van der Waals surface area (Å²) in [5, 5.41) is 22.5. The van der Waals surface area contributed by atoms with Crippen LogP contribution in [0.4, 0.5) is 17.3 Å². The number of fused-ring (bicyclic) bond motifs is 1. The quantitative estimate of drug-likeness (QED) is 0.353. The van der Waals surface area contributed by atoms with Crippen LogP contribution in [0.1, 0.15) is 22.6 Å². The van der Waals surface area contributed by atoms with Crippen molar-refractivity contribution in [2.75, 3.05) is 30.8 Å². The summed E-state index contributed by atoms with van der Waals surface area (Å²) in [5.41, 5.74) is 3.90. The van der Waals surface area contributed by atoms with Gasteiger partial charge in [-0.15, -0.1) is 0 Å². The third-order valence-electron chi connectivity index (χ3n) is 5.74. The Morgan fingerprint density at radius 2 is 2.12 bits per heavy atom. The van der Waals surface area contributed by atoms with Gasteiger partial charge in [0.05, 0.1) is 23.1 Å². The van der Waals surface area contributed by atoms with Crippen molar-refractivity contribution in [2.45, 2.75) is 19.4 Å². The zero-order chi connectivity index (χ0) is 22.9. The summed E-state index contributed by atoms with van der Waals surface area (Å²) in [7, 11) is 3.40. The normalized spacial score (nSPS) is 15.7. The van der Waals surface area contributed by atoms with E-state index in [0.717, 1.165) is 47.5 Å². The van der Waals surface area contributed by atoms with E-state index < -0.39 is 0 Å². The molecule has 1 aromatic carbocycles. The first-order valence-electron chi connectivity index (χ1n) is 10.8. The Bertz CT molecular complexity index is 1320. The summed E-state index contributed by atoms with van der Waals surface area (Å²) >= 11 is 0. The second kappa shape index (κ2) is 8.51. The SMILES string of the molecule is CNC(=O)c1nn(C)c2ccc(Nc3nccc(-n4cc(N[C@H]5CCNC5)c(C)n4)n3)cc12. The number of nitrogens with one attached hydrogen (secondary N) is 4. The van der Waals surface area contributed by atoms with E-state index in [9.17, 15) is 4.79 Å². The molecule has 1 aliphatic heterocycles. The maximum Gasteiger partial charge on any atom is 0.272 e. The molecule has 170 valence electrons. The molecule has 1 fully saturated rings. The number of anilines is 3. The predicted molar refractivity (Wildman–Crippen MR) is 126 cm³/mol. The first kappa shape index (κ1) is 20.9. The molecule has 0 aliphatic carbocycles. The lowest BCUT2D eigenvalue weighted by atomic mass is 10.2. The maximum atomic E-state index is 12.2. The Morgan fingerprint density at radius 1 is 1.24 bits per heavy atom. The third kappa shape index (κ3) is 4.10. The molecule has 0 spiro atoms. The molecular weight excluding hydrogens is 420 g/mol. The molecule has 11 heteroatoms. The van der Waals surface area contributed by atoms with Gasteiger partial charge in [0.25, 0.3) is 5.91 Å². The minimum Gasteiger partial charge on any atom is -0.378 e. The van der Waals surface area contributed by atoms with Gasteiger partial charge in [0.1, 0.15) is 0 Å². The molecule has 0 unspecified atom stereocenters. The zero-order valence-electron chi connectivity index (χ0n) is 18.8. The number of hydrogen-bond acceptors (Lipinski definition) is 8. The highest BCUT2D eigenvalue weighted by Crippen LogP contribution is 2.24. The van der Waals surface area contributed by atoms with Crippen LogP contribution in [0.2, 0.25) is 0 Å². The Hall–Kier alpha value is -3.99. The highest BCUT2D eigenvalue weighted by molar-refractivity contribution is 6.05. The average Bonchev–Trinajstić information content (AvgIpc) is 3.54. The average molecular weight is 447 g/mol. The number of benzene rings is 1. The Kier molecular flexibility index (Phi) is 5.38. The molecule has 3 aromatic heterocycles. The van der Waals surface area contributed by atoms with E-state index in [-0.39, 0.29) is 5.91 Å². The van der Waals surface area contributed by atoms with Crippen LogP contribution in [0.15, 0.2) is 36.7 Å². The molecule has 1 atom stereocenters. The summed E-state index contributed by atoms with van der Waals surface area (Å²) in [6.45, 7) is 3.96. The molecular formula is C22H26N10O. The van der Waals surface area contributed by atoms with Crippen LogP contribution in [-0.4, -0.2) is 61.6 Å². The van der Waals surface area contributed by atoms with E-state index in [1.807, 2.05) is 44.4 Å². The molecule has 1 amide bonds. The molecule has 33 heavy (non-hydrogen) atoms. The molecule has 4 N–H and O–H groups in total. The van der Waals surface area contributed by atoms with Gasteiger partial charge in [-0.3, -0.25) is 9.48 Å². The van der Waals surface area contributed by atoms with Crippen LogP contribution in [0.3, 0.4) is 0 Å². The van der Waals surface area contributed by atoms with E-state index in [1.54, 1.807) is 22.6 Å². The van der Waals surface area contributed by atoms with Crippen LogP contribution in [0, 0.1) is 6.92 Å². The summed E-state index contributed by atoms with van der Waals surface area (Å²) in [6, 6.07) is 7.91. The van der Waals surface area contributed by atoms with Crippen molar-refractivity contribution in [3.05, 3.63) is 48.0 Å². The standard InChI is InChI=1S/C22H26N10O/c1-13-17(26-15-6-8-24-11-15)12-32(29-13)19-7-9-25-22(28-19)27-14-4-5-18-16(10-14)20(21(33)23-2)30-31(18)3/h4-5,7,9-10,12,15,24,26H,6,8,11H2,1-3H3,(H,23,33)(H,25,27,28)/t15-/m0/s1. The van der Waals surface area contributed by atoms with Gasteiger partial charge in [-0.1, -0.05) is 0 Å². The van der Waals surface area contributed by atoms with E-state index in [4.69, 9.17) is 0 Å². The Morgan fingerprint density at radius 3 is 2.91 bits per heavy atom. The molecule has 11 nitrogen and oxygen atoms in total. The topological polar surface area (TPSA) is 127 Å². The molecule has 1 aliphatic rings. The fraction of sp³-hybridized carbons (Fsp3) is 0.318. The predicted octanol–water partition coefficient (Wildman–Crippen LogP) is 1.73. The van der Waals surface area contributed by atoms with Gasteiger partial charge in [0, 0.05) is 50.0 Å². The lowest BCUT2D eigenvalue weighted by molar-refractivity contribution is 0.0959. The van der Waals surface area contributed by atoms with Gasteiger partial charge in [-0.25, -0.2) is 9.67 Å². The van der Waals surface area contributed by atoms with Crippen LogP contribution in [0.25, 0.3) is 16.7 Å². The van der Waals surface area contributed by atoms with Gasteiger partial charge in [-0.2, -0.15) is 15.2 Å². The molecule has 0 radical (unpaired) electrons. The van der Waals surface area contributed by atoms with Gasteiger partial charge >= 0.3 is 0 Å². The second-order valence-corrected chi connectivity index (χ2v) is 8.05. The highest BCUT2D eigenvalue weighted by Gasteiger charge is 2.18. The summed E-state index contributed by atoms with van der Waals surface area (Å²) in [6.07, 6.45) is 4.74. The van der Waals surface area contributed by atoms with Crippen molar-refractivity contribution < 1.29 is 4.79 Å². The molecule has 5 rings (SSSR count). The first-order chi connectivity index (χ1) is 16.0. The number of amides is 1. The number of nitrogens with zero attached hydrogens (tertiary/aromatic N) is 6. The summed E-state index contributed by atoms with van der Waals surface area (Å²) in [4.78, 5) is 21.2. The van der Waals surface area contributed by atoms with Crippen molar-refractivity contribution in [3.8, 4) is 5.82 Å². The van der Waals surface area contributed by atoms with Crippen LogP contribution in [-0.2, 0) is 7.05 Å². The van der Waals surface area contributed by atoms with Crippen LogP contribution >= 0.6 is 0 Å². The van der Waals surface area contributed by atoms with E-state index in [0.29, 0.717) is 23.5 Å². The van der Waals surface area contributed by atoms with E-state index in [2.05, 4.69) is 41.4 Å². The van der Waals surface area contributed by atoms with Crippen molar-refractivity contribution >= 4 is 34.1 Å². The third-order valence-corrected chi connectivity index (χ3v) is 5.74. The van der Waals surface area contributed by atoms with Gasteiger partial charge < -0.3 is 21.3 Å². The Balaban J connectivity index is 1.40. The number of hydrogen-bond donors (Lipinski definition) is 4. The minimum absolute atomic E-state index is 0.233. The first-order valence-corrected chi connectivity index (χ1v) is 10.8. The van der Waals surface area contributed by atoms with Gasteiger partial charge in [-0.05, 0) is 38.1 Å². The van der Waals surface area contributed by atoms with Crippen molar-refractivity contribution in [1.29, 1.82) is 0 Å². The molecule has 1 saturated heterocycles. The number of aromatic nitrogens is 6. The monoisotopic (exact) mass is 446 g/mol. The Labute approximate surface area is 190 Å². The number of aryl methyl sites for hydroxylation is 2. The summed E-state index contributed by atoms with van der Waals surface area (Å²) in [5.74, 6) is 0.851. The molecule has 4 aromatic rings. The lowest BCUT2D eigenvalue weighted by Gasteiger charge is -2.11. The fourth-order valence-corrected chi connectivity index (χ4v) is 4.01. The van der Waals surface area contributed by atoms with Crippen LogP contribution < -0.4 is 21.3 Å². The number of carbonyl (C=O) groups excluding carboxylic acids is 1. The molecule has 4 heterocycles. The van der Waals surface area contributed by atoms with Crippen molar-refractivity contribution in [2.24, 2.45) is 7.05 Å². The zero-order valence-corrected chi connectivity index (χ0v) is 18.8.